The smallest absolute Gasteiger partial charge is 0.129 e. The first-order valence-electron chi connectivity index (χ1n) is 7.24. The lowest BCUT2D eigenvalue weighted by atomic mass is 9.95. The van der Waals surface area contributed by atoms with Crippen molar-refractivity contribution in [2.24, 2.45) is 5.92 Å². The Kier molecular flexibility index (Phi) is 5.89. The molecule has 0 aromatic carbocycles. The molecule has 0 radical (unpaired) electrons. The minimum atomic E-state index is 0.282. The van der Waals surface area contributed by atoms with Gasteiger partial charge in [-0.1, -0.05) is 19.3 Å². The minimum Gasteiger partial charge on any atom is -0.462 e. The molecule has 1 aromatic heterocycles. The van der Waals surface area contributed by atoms with Gasteiger partial charge < -0.3 is 19.6 Å². The average molecular weight is 267 g/mol. The fraction of sp³-hybridized carbons (Fsp3) is 0.733. The molecule has 0 saturated heterocycles. The molecule has 0 aliphatic heterocycles. The first-order chi connectivity index (χ1) is 9.33. The van der Waals surface area contributed by atoms with Crippen molar-refractivity contribution < 1.29 is 14.3 Å². The molecule has 2 unspecified atom stereocenters. The number of hydrogen-bond acceptors (Lipinski definition) is 4. The molecule has 19 heavy (non-hydrogen) atoms. The van der Waals surface area contributed by atoms with Crippen molar-refractivity contribution in [3.63, 3.8) is 0 Å². The van der Waals surface area contributed by atoms with E-state index in [4.69, 9.17) is 9.15 Å². The molecule has 0 amide bonds. The van der Waals surface area contributed by atoms with Gasteiger partial charge in [0.1, 0.15) is 18.1 Å². The van der Waals surface area contributed by atoms with Gasteiger partial charge in [0.15, 0.2) is 0 Å². The number of aliphatic hydroxyl groups excluding tert-OH is 1. The van der Waals surface area contributed by atoms with Crippen molar-refractivity contribution in [1.82, 2.24) is 5.32 Å². The Morgan fingerprint density at radius 1 is 1.26 bits per heavy atom. The molecule has 4 heteroatoms. The van der Waals surface area contributed by atoms with Crippen LogP contribution in [0.1, 0.15) is 43.6 Å². The highest BCUT2D eigenvalue weighted by Gasteiger charge is 2.22. The third-order valence-electron chi connectivity index (χ3n) is 3.94. The van der Waals surface area contributed by atoms with E-state index in [0.29, 0.717) is 18.6 Å². The summed E-state index contributed by atoms with van der Waals surface area (Å²) in [5.74, 6) is 2.18. The summed E-state index contributed by atoms with van der Waals surface area (Å²) in [6.07, 6.45) is 6.05. The van der Waals surface area contributed by atoms with E-state index in [-0.39, 0.29) is 6.61 Å². The minimum absolute atomic E-state index is 0.282. The van der Waals surface area contributed by atoms with Crippen LogP contribution in [0.3, 0.4) is 0 Å². The quantitative estimate of drug-likeness (QED) is 0.777. The third kappa shape index (κ3) is 4.34. The van der Waals surface area contributed by atoms with Gasteiger partial charge in [0.25, 0.3) is 0 Å². The van der Waals surface area contributed by atoms with Gasteiger partial charge in [-0.2, -0.15) is 0 Å². The number of nitrogens with one attached hydrogen (secondary N) is 1. The van der Waals surface area contributed by atoms with Crippen LogP contribution in [-0.2, 0) is 17.9 Å². The Bertz CT molecular complexity index is 364. The molecule has 1 fully saturated rings. The van der Waals surface area contributed by atoms with E-state index in [0.717, 1.165) is 30.9 Å². The molecule has 4 nitrogen and oxygen atoms in total. The standard InChI is InChI=1S/C15H25NO3/c1-18-11-14-8-7-13(19-14)9-16-15-6-4-2-3-5-12(15)10-17/h7-8,12,15-17H,2-6,9-11H2,1H3. The number of methoxy groups -OCH3 is 1. The Morgan fingerprint density at radius 2 is 2.05 bits per heavy atom. The predicted octanol–water partition coefficient (Wildman–Crippen LogP) is 2.46. The lowest BCUT2D eigenvalue weighted by molar-refractivity contribution is 0.160. The summed E-state index contributed by atoms with van der Waals surface area (Å²) in [6, 6.07) is 4.35. The number of ether oxygens (including phenoxy) is 1. The van der Waals surface area contributed by atoms with Gasteiger partial charge in [0, 0.05) is 19.8 Å². The second kappa shape index (κ2) is 7.68. The van der Waals surface area contributed by atoms with Crippen LogP contribution in [0.15, 0.2) is 16.5 Å². The van der Waals surface area contributed by atoms with E-state index in [9.17, 15) is 5.11 Å². The van der Waals surface area contributed by atoms with Crippen LogP contribution in [0.4, 0.5) is 0 Å². The SMILES string of the molecule is COCc1ccc(CNC2CCCCCC2CO)o1. The lowest BCUT2D eigenvalue weighted by Gasteiger charge is -2.24. The summed E-state index contributed by atoms with van der Waals surface area (Å²) < 4.78 is 10.7. The van der Waals surface area contributed by atoms with Crippen molar-refractivity contribution in [1.29, 1.82) is 0 Å². The molecule has 2 rings (SSSR count). The zero-order valence-corrected chi connectivity index (χ0v) is 11.7. The summed E-state index contributed by atoms with van der Waals surface area (Å²) in [5.41, 5.74) is 0. The van der Waals surface area contributed by atoms with Crippen LogP contribution >= 0.6 is 0 Å². The second-order valence-corrected chi connectivity index (χ2v) is 5.37. The molecule has 2 atom stereocenters. The molecule has 0 spiro atoms. The largest absolute Gasteiger partial charge is 0.462 e. The van der Waals surface area contributed by atoms with Crippen LogP contribution in [0.25, 0.3) is 0 Å². The Labute approximate surface area is 115 Å². The zero-order chi connectivity index (χ0) is 13.5. The van der Waals surface area contributed by atoms with E-state index in [1.807, 2.05) is 12.1 Å². The summed E-state index contributed by atoms with van der Waals surface area (Å²) in [6.45, 7) is 1.53. The maximum Gasteiger partial charge on any atom is 0.129 e. The molecule has 1 aromatic rings. The first-order valence-corrected chi connectivity index (χ1v) is 7.24. The third-order valence-corrected chi connectivity index (χ3v) is 3.94. The number of furan rings is 1. The second-order valence-electron chi connectivity index (χ2n) is 5.37. The molecule has 2 N–H and O–H groups in total. The fourth-order valence-electron chi connectivity index (χ4n) is 2.84. The number of rotatable bonds is 6. The van der Waals surface area contributed by atoms with Crippen molar-refractivity contribution >= 4 is 0 Å². The fourth-order valence-corrected chi connectivity index (χ4v) is 2.84. The van der Waals surface area contributed by atoms with Gasteiger partial charge in [-0.3, -0.25) is 0 Å². The maximum absolute atomic E-state index is 9.48. The highest BCUT2D eigenvalue weighted by Crippen LogP contribution is 2.23. The highest BCUT2D eigenvalue weighted by atomic mass is 16.5. The van der Waals surface area contributed by atoms with Crippen molar-refractivity contribution in [2.75, 3.05) is 13.7 Å². The van der Waals surface area contributed by atoms with E-state index >= 15 is 0 Å². The summed E-state index contributed by atoms with van der Waals surface area (Å²) in [4.78, 5) is 0. The average Bonchev–Trinajstić information content (AvgIpc) is 2.74. The summed E-state index contributed by atoms with van der Waals surface area (Å²) in [5, 5.41) is 13.0. The predicted molar refractivity (Wildman–Crippen MR) is 73.7 cm³/mol. The van der Waals surface area contributed by atoms with Crippen molar-refractivity contribution in [3.05, 3.63) is 23.7 Å². The molecule has 1 heterocycles. The Hall–Kier alpha value is -0.840. The summed E-state index contributed by atoms with van der Waals surface area (Å²) >= 11 is 0. The molecule has 1 aliphatic rings. The van der Waals surface area contributed by atoms with Crippen molar-refractivity contribution in [2.45, 2.75) is 51.3 Å². The monoisotopic (exact) mass is 267 g/mol. The van der Waals surface area contributed by atoms with Gasteiger partial charge in [0.05, 0.1) is 6.54 Å². The molecular weight excluding hydrogens is 242 g/mol. The van der Waals surface area contributed by atoms with Crippen LogP contribution in [0, 0.1) is 5.92 Å². The Balaban J connectivity index is 1.84. The van der Waals surface area contributed by atoms with Crippen LogP contribution in [-0.4, -0.2) is 24.9 Å². The van der Waals surface area contributed by atoms with Gasteiger partial charge in [-0.15, -0.1) is 0 Å². The van der Waals surface area contributed by atoms with Gasteiger partial charge in [-0.25, -0.2) is 0 Å². The lowest BCUT2D eigenvalue weighted by Crippen LogP contribution is -2.36. The number of aliphatic hydroxyl groups is 1. The van der Waals surface area contributed by atoms with Gasteiger partial charge in [0.2, 0.25) is 0 Å². The van der Waals surface area contributed by atoms with Gasteiger partial charge >= 0.3 is 0 Å². The first kappa shape index (κ1) is 14.6. The molecular formula is C15H25NO3. The van der Waals surface area contributed by atoms with Crippen molar-refractivity contribution in [3.8, 4) is 0 Å². The van der Waals surface area contributed by atoms with E-state index in [2.05, 4.69) is 5.32 Å². The molecule has 1 saturated carbocycles. The Morgan fingerprint density at radius 3 is 2.84 bits per heavy atom. The van der Waals surface area contributed by atoms with Crippen LogP contribution < -0.4 is 5.32 Å². The number of hydrogen-bond donors (Lipinski definition) is 2. The van der Waals surface area contributed by atoms with Gasteiger partial charge in [-0.05, 0) is 30.9 Å². The molecule has 0 bridgehead atoms. The highest BCUT2D eigenvalue weighted by molar-refractivity contribution is 5.06. The van der Waals surface area contributed by atoms with Crippen LogP contribution in [0.2, 0.25) is 0 Å². The topological polar surface area (TPSA) is 54.6 Å². The van der Waals surface area contributed by atoms with E-state index in [1.54, 1.807) is 7.11 Å². The maximum atomic E-state index is 9.48. The normalized spacial score (nSPS) is 24.3. The van der Waals surface area contributed by atoms with E-state index in [1.165, 1.54) is 19.3 Å². The molecule has 108 valence electrons. The van der Waals surface area contributed by atoms with Crippen LogP contribution in [0.5, 0.6) is 0 Å². The molecule has 1 aliphatic carbocycles. The summed E-state index contributed by atoms with van der Waals surface area (Å²) in [7, 11) is 1.66. The van der Waals surface area contributed by atoms with E-state index < -0.39 is 0 Å². The zero-order valence-electron chi connectivity index (χ0n) is 11.7.